The summed E-state index contributed by atoms with van der Waals surface area (Å²) in [6.45, 7) is -0.482. The summed E-state index contributed by atoms with van der Waals surface area (Å²) in [4.78, 5) is 10.3. The lowest BCUT2D eigenvalue weighted by molar-refractivity contribution is -0.142. The van der Waals surface area contributed by atoms with Gasteiger partial charge in [-0.1, -0.05) is 0 Å². The van der Waals surface area contributed by atoms with E-state index >= 15 is 0 Å². The van der Waals surface area contributed by atoms with Gasteiger partial charge in [-0.2, -0.15) is 5.26 Å². The third-order valence-corrected chi connectivity index (χ3v) is 2.18. The summed E-state index contributed by atoms with van der Waals surface area (Å²) in [6, 6.07) is 8.66. The molecule has 0 aliphatic carbocycles. The lowest BCUT2D eigenvalue weighted by atomic mass is 10.1. The van der Waals surface area contributed by atoms with E-state index in [-0.39, 0.29) is 12.5 Å². The van der Waals surface area contributed by atoms with Gasteiger partial charge in [-0.15, -0.1) is 10.2 Å². The Morgan fingerprint density at radius 1 is 1.37 bits per heavy atom. The highest BCUT2D eigenvalue weighted by atomic mass is 16.5. The van der Waals surface area contributed by atoms with E-state index in [0.29, 0.717) is 17.0 Å². The van der Waals surface area contributed by atoms with Crippen LogP contribution < -0.4 is 0 Å². The van der Waals surface area contributed by atoms with E-state index in [9.17, 15) is 4.79 Å². The Morgan fingerprint density at radius 2 is 2.11 bits per heavy atom. The van der Waals surface area contributed by atoms with Gasteiger partial charge in [-0.05, 0) is 24.3 Å². The first-order valence-electron chi connectivity index (χ1n) is 5.31. The zero-order valence-corrected chi connectivity index (χ0v) is 9.74. The molecule has 0 spiro atoms. The molecule has 96 valence electrons. The molecule has 19 heavy (non-hydrogen) atoms. The van der Waals surface area contributed by atoms with Crippen molar-refractivity contribution in [2.24, 2.45) is 0 Å². The molecule has 0 aliphatic heterocycles. The second-order valence-electron chi connectivity index (χ2n) is 3.58. The van der Waals surface area contributed by atoms with Crippen LogP contribution in [0.3, 0.4) is 0 Å². The van der Waals surface area contributed by atoms with Gasteiger partial charge in [0.2, 0.25) is 11.8 Å². The smallest absolute Gasteiger partial charge is 0.329 e. The molecule has 0 aliphatic rings. The van der Waals surface area contributed by atoms with Crippen molar-refractivity contribution >= 4 is 5.97 Å². The first kappa shape index (κ1) is 12.7. The predicted molar refractivity (Wildman–Crippen MR) is 61.7 cm³/mol. The van der Waals surface area contributed by atoms with Crippen molar-refractivity contribution in [1.29, 1.82) is 5.26 Å². The van der Waals surface area contributed by atoms with Crippen molar-refractivity contribution in [3.63, 3.8) is 0 Å². The van der Waals surface area contributed by atoms with Gasteiger partial charge in [0.15, 0.2) is 0 Å². The Labute approximate surface area is 108 Å². The molecule has 7 heteroatoms. The molecule has 1 aromatic heterocycles. The predicted octanol–water partition coefficient (Wildman–Crippen LogP) is 1.21. The average molecular weight is 259 g/mol. The molecule has 2 rings (SSSR count). The Hall–Kier alpha value is -2.72. The normalized spacial score (nSPS) is 10.1. The molecule has 0 radical (unpaired) electrons. The largest absolute Gasteiger partial charge is 0.480 e. The van der Waals surface area contributed by atoms with Crippen molar-refractivity contribution < 1.29 is 19.1 Å². The third-order valence-electron chi connectivity index (χ3n) is 2.18. The Bertz CT molecular complexity index is 613. The average Bonchev–Trinajstić information content (AvgIpc) is 2.87. The van der Waals surface area contributed by atoms with Crippen LogP contribution in [-0.2, 0) is 16.1 Å². The molecule has 7 nitrogen and oxygen atoms in total. The molecule has 0 atom stereocenters. The Kier molecular flexibility index (Phi) is 3.85. The van der Waals surface area contributed by atoms with Crippen molar-refractivity contribution in [3.05, 3.63) is 35.7 Å². The van der Waals surface area contributed by atoms with Crippen molar-refractivity contribution in [2.45, 2.75) is 6.61 Å². The number of ether oxygens (including phenoxy) is 1. The number of carbonyl (C=O) groups is 1. The Balaban J connectivity index is 2.03. The number of rotatable bonds is 5. The molecule has 0 bridgehead atoms. The molecule has 2 aromatic rings. The zero-order valence-electron chi connectivity index (χ0n) is 9.74. The van der Waals surface area contributed by atoms with Crippen molar-refractivity contribution in [1.82, 2.24) is 10.2 Å². The van der Waals surface area contributed by atoms with E-state index in [2.05, 4.69) is 10.2 Å². The van der Waals surface area contributed by atoms with Gasteiger partial charge in [0.25, 0.3) is 0 Å². The SMILES string of the molecule is N#Cc1ccc(-c2nnc(COCC(=O)O)o2)cc1. The van der Waals surface area contributed by atoms with Crippen LogP contribution in [0.1, 0.15) is 11.5 Å². The van der Waals surface area contributed by atoms with Gasteiger partial charge in [0.1, 0.15) is 13.2 Å². The number of benzene rings is 1. The van der Waals surface area contributed by atoms with E-state index in [1.165, 1.54) is 0 Å². The van der Waals surface area contributed by atoms with Crippen LogP contribution in [0.5, 0.6) is 0 Å². The molecule has 1 heterocycles. The first-order valence-corrected chi connectivity index (χ1v) is 5.31. The van der Waals surface area contributed by atoms with E-state index < -0.39 is 12.6 Å². The topological polar surface area (TPSA) is 109 Å². The van der Waals surface area contributed by atoms with Gasteiger partial charge in [0, 0.05) is 5.56 Å². The van der Waals surface area contributed by atoms with Crippen LogP contribution in [0, 0.1) is 11.3 Å². The fraction of sp³-hybridized carbons (Fsp3) is 0.167. The minimum atomic E-state index is -1.06. The van der Waals surface area contributed by atoms with Crippen molar-refractivity contribution in [2.75, 3.05) is 6.61 Å². The second kappa shape index (κ2) is 5.75. The summed E-state index contributed by atoms with van der Waals surface area (Å²) in [5.41, 5.74) is 1.21. The minimum absolute atomic E-state index is 0.0599. The highest BCUT2D eigenvalue weighted by Crippen LogP contribution is 2.18. The highest BCUT2D eigenvalue weighted by Gasteiger charge is 2.09. The van der Waals surface area contributed by atoms with E-state index in [1.807, 2.05) is 6.07 Å². The number of hydrogen-bond acceptors (Lipinski definition) is 6. The maximum Gasteiger partial charge on any atom is 0.329 e. The number of hydrogen-bond donors (Lipinski definition) is 1. The van der Waals surface area contributed by atoms with Gasteiger partial charge >= 0.3 is 5.97 Å². The fourth-order valence-electron chi connectivity index (χ4n) is 1.34. The first-order chi connectivity index (χ1) is 9.19. The summed E-state index contributed by atoms with van der Waals surface area (Å²) in [6.07, 6.45) is 0. The number of nitrogens with zero attached hydrogens (tertiary/aromatic N) is 3. The summed E-state index contributed by atoms with van der Waals surface area (Å²) in [7, 11) is 0. The van der Waals surface area contributed by atoms with Gasteiger partial charge in [-0.25, -0.2) is 4.79 Å². The molecular formula is C12H9N3O4. The van der Waals surface area contributed by atoms with Gasteiger partial charge < -0.3 is 14.3 Å². The third kappa shape index (κ3) is 3.37. The number of carboxylic acids is 1. The molecule has 0 unspecified atom stereocenters. The summed E-state index contributed by atoms with van der Waals surface area (Å²) in [5, 5.41) is 24.6. The van der Waals surface area contributed by atoms with Crippen molar-refractivity contribution in [3.8, 4) is 17.5 Å². The lowest BCUT2D eigenvalue weighted by Gasteiger charge is -1.96. The molecular weight excluding hydrogens is 250 g/mol. The van der Waals surface area contributed by atoms with Crippen LogP contribution in [0.4, 0.5) is 0 Å². The molecule has 0 saturated carbocycles. The van der Waals surface area contributed by atoms with E-state index in [1.54, 1.807) is 24.3 Å². The minimum Gasteiger partial charge on any atom is -0.480 e. The number of aromatic nitrogens is 2. The Morgan fingerprint density at radius 3 is 2.74 bits per heavy atom. The maximum atomic E-state index is 10.3. The standard InChI is InChI=1S/C12H9N3O4/c13-5-8-1-3-9(4-2-8)12-15-14-10(19-12)6-18-7-11(16)17/h1-4H,6-7H2,(H,16,17). The lowest BCUT2D eigenvalue weighted by Crippen LogP contribution is -2.06. The molecule has 0 fully saturated rings. The van der Waals surface area contributed by atoms with Crippen LogP contribution >= 0.6 is 0 Å². The van der Waals surface area contributed by atoms with E-state index in [0.717, 1.165) is 0 Å². The maximum absolute atomic E-state index is 10.3. The molecule has 1 N–H and O–H groups in total. The number of nitriles is 1. The molecule has 0 amide bonds. The zero-order chi connectivity index (χ0) is 13.7. The fourth-order valence-corrected chi connectivity index (χ4v) is 1.34. The van der Waals surface area contributed by atoms with Gasteiger partial charge in [-0.3, -0.25) is 0 Å². The van der Waals surface area contributed by atoms with E-state index in [4.69, 9.17) is 19.5 Å². The summed E-state index contributed by atoms with van der Waals surface area (Å²) in [5.74, 6) is -0.578. The van der Waals surface area contributed by atoms with Gasteiger partial charge in [0.05, 0.1) is 11.6 Å². The quantitative estimate of drug-likeness (QED) is 0.859. The van der Waals surface area contributed by atoms with Crippen LogP contribution in [0.25, 0.3) is 11.5 Å². The van der Waals surface area contributed by atoms with Crippen LogP contribution in [-0.4, -0.2) is 27.9 Å². The molecule has 0 saturated heterocycles. The summed E-state index contributed by atoms with van der Waals surface area (Å²) >= 11 is 0. The van der Waals surface area contributed by atoms with Crippen LogP contribution in [0.15, 0.2) is 28.7 Å². The number of aliphatic carboxylic acids is 1. The molecule has 1 aromatic carbocycles. The highest BCUT2D eigenvalue weighted by molar-refractivity contribution is 5.67. The second-order valence-corrected chi connectivity index (χ2v) is 3.58. The number of carboxylic acid groups (broad SMARTS) is 1. The van der Waals surface area contributed by atoms with Crippen LogP contribution in [0.2, 0.25) is 0 Å². The monoisotopic (exact) mass is 259 g/mol. The summed E-state index contributed by atoms with van der Waals surface area (Å²) < 4.78 is 10.1.